The fourth-order valence-electron chi connectivity index (χ4n) is 2.25. The molecule has 0 aromatic carbocycles. The largest absolute Gasteiger partial charge is 0.343 e. The Kier molecular flexibility index (Phi) is 2.38. The van der Waals surface area contributed by atoms with Gasteiger partial charge in [0.05, 0.1) is 0 Å². The van der Waals surface area contributed by atoms with Gasteiger partial charge < -0.3 is 9.84 Å². The fraction of sp³-hybridized carbons (Fsp3) is 0.364. The molecule has 16 heavy (non-hydrogen) atoms. The first-order valence-corrected chi connectivity index (χ1v) is 5.32. The van der Waals surface area contributed by atoms with Gasteiger partial charge in [-0.05, 0) is 17.7 Å². The van der Waals surface area contributed by atoms with E-state index in [0.29, 0.717) is 11.8 Å². The molecular weight excluding hydrogens is 204 g/mol. The Bertz CT molecular complexity index is 442. The van der Waals surface area contributed by atoms with E-state index in [1.165, 1.54) is 12.0 Å². The number of nitrogens with one attached hydrogen (secondary N) is 1. The van der Waals surface area contributed by atoms with Crippen LogP contribution in [0.5, 0.6) is 0 Å². The zero-order valence-electron chi connectivity index (χ0n) is 8.71. The Morgan fingerprint density at radius 3 is 2.75 bits per heavy atom. The molecule has 1 aliphatic rings. The average molecular weight is 216 g/mol. The van der Waals surface area contributed by atoms with Crippen molar-refractivity contribution in [1.29, 1.82) is 0 Å². The van der Waals surface area contributed by atoms with E-state index in [9.17, 15) is 0 Å². The van der Waals surface area contributed by atoms with Gasteiger partial charge in [0, 0.05) is 37.3 Å². The number of nitrogens with zero attached hydrogens (tertiary/aromatic N) is 3. The van der Waals surface area contributed by atoms with Crippen LogP contribution in [0.2, 0.25) is 0 Å². The van der Waals surface area contributed by atoms with E-state index in [-0.39, 0.29) is 0 Å². The summed E-state index contributed by atoms with van der Waals surface area (Å²) in [4.78, 5) is 8.17. The van der Waals surface area contributed by atoms with Gasteiger partial charge in [0.1, 0.15) is 0 Å². The molecule has 0 aliphatic carbocycles. The molecule has 0 unspecified atom stereocenters. The van der Waals surface area contributed by atoms with Gasteiger partial charge in [-0.15, -0.1) is 0 Å². The third kappa shape index (κ3) is 1.59. The van der Waals surface area contributed by atoms with Gasteiger partial charge in [-0.1, -0.05) is 5.16 Å². The monoisotopic (exact) mass is 216 g/mol. The summed E-state index contributed by atoms with van der Waals surface area (Å²) in [5.74, 6) is 1.48. The Balaban J connectivity index is 1.90. The van der Waals surface area contributed by atoms with Crippen molar-refractivity contribution >= 4 is 0 Å². The van der Waals surface area contributed by atoms with E-state index < -0.39 is 0 Å². The van der Waals surface area contributed by atoms with Gasteiger partial charge in [-0.25, -0.2) is 0 Å². The lowest BCUT2D eigenvalue weighted by atomic mass is 9.89. The van der Waals surface area contributed by atoms with Crippen molar-refractivity contribution in [3.05, 3.63) is 42.3 Å². The lowest BCUT2D eigenvalue weighted by molar-refractivity contribution is 0.403. The van der Waals surface area contributed by atoms with Crippen LogP contribution in [-0.4, -0.2) is 28.2 Å². The first-order valence-electron chi connectivity index (χ1n) is 5.32. The van der Waals surface area contributed by atoms with Crippen LogP contribution < -0.4 is 5.32 Å². The van der Waals surface area contributed by atoms with E-state index in [2.05, 4.69) is 20.4 Å². The van der Waals surface area contributed by atoms with Crippen LogP contribution >= 0.6 is 0 Å². The summed E-state index contributed by atoms with van der Waals surface area (Å²) in [5.41, 5.74) is 1.27. The molecule has 0 spiro atoms. The highest BCUT2D eigenvalue weighted by molar-refractivity contribution is 5.23. The van der Waals surface area contributed by atoms with Crippen LogP contribution in [-0.2, 0) is 0 Å². The third-order valence-corrected chi connectivity index (χ3v) is 3.06. The van der Waals surface area contributed by atoms with Crippen LogP contribution in [0.25, 0.3) is 0 Å². The SMILES string of the molecule is c1cc([C@@H]2CNC[C@@H]2c2ncon2)ccn1. The zero-order valence-corrected chi connectivity index (χ0v) is 8.71. The minimum absolute atomic E-state index is 0.293. The summed E-state index contributed by atoms with van der Waals surface area (Å²) >= 11 is 0. The molecule has 2 aromatic rings. The molecule has 2 atom stereocenters. The second kappa shape index (κ2) is 4.02. The lowest BCUT2D eigenvalue weighted by Gasteiger charge is -2.15. The minimum Gasteiger partial charge on any atom is -0.343 e. The molecule has 1 fully saturated rings. The van der Waals surface area contributed by atoms with Crippen LogP contribution in [0.3, 0.4) is 0 Å². The van der Waals surface area contributed by atoms with Crippen molar-refractivity contribution in [1.82, 2.24) is 20.4 Å². The highest BCUT2D eigenvalue weighted by atomic mass is 16.5. The van der Waals surface area contributed by atoms with Gasteiger partial charge >= 0.3 is 0 Å². The van der Waals surface area contributed by atoms with E-state index >= 15 is 0 Å². The van der Waals surface area contributed by atoms with Crippen LogP contribution in [0.4, 0.5) is 0 Å². The number of aromatic nitrogens is 3. The number of hydrogen-bond acceptors (Lipinski definition) is 5. The topological polar surface area (TPSA) is 63.8 Å². The highest BCUT2D eigenvalue weighted by Gasteiger charge is 2.32. The molecule has 5 nitrogen and oxygen atoms in total. The minimum atomic E-state index is 0.293. The van der Waals surface area contributed by atoms with Crippen molar-refractivity contribution in [2.45, 2.75) is 11.8 Å². The van der Waals surface area contributed by atoms with Crippen molar-refractivity contribution in [2.24, 2.45) is 0 Å². The Morgan fingerprint density at radius 1 is 1.19 bits per heavy atom. The molecule has 3 rings (SSSR count). The number of pyridine rings is 1. The van der Waals surface area contributed by atoms with Gasteiger partial charge in [-0.2, -0.15) is 4.98 Å². The molecule has 3 heterocycles. The van der Waals surface area contributed by atoms with Gasteiger partial charge in [0.15, 0.2) is 5.82 Å². The second-order valence-corrected chi connectivity index (χ2v) is 3.94. The first kappa shape index (κ1) is 9.47. The highest BCUT2D eigenvalue weighted by Crippen LogP contribution is 2.33. The molecule has 1 N–H and O–H groups in total. The Hall–Kier alpha value is -1.75. The smallest absolute Gasteiger partial charge is 0.213 e. The summed E-state index contributed by atoms with van der Waals surface area (Å²) in [7, 11) is 0. The maximum Gasteiger partial charge on any atom is 0.213 e. The summed E-state index contributed by atoms with van der Waals surface area (Å²) in [6.45, 7) is 1.84. The standard InChI is InChI=1S/C11H12N4O/c1-3-12-4-2-8(1)9-5-13-6-10(9)11-14-7-16-15-11/h1-4,7,9-10,13H,5-6H2/t9-,10-/m0/s1. The Morgan fingerprint density at radius 2 is 2.00 bits per heavy atom. The molecule has 0 radical (unpaired) electrons. The number of hydrogen-bond donors (Lipinski definition) is 1. The summed E-state index contributed by atoms with van der Waals surface area (Å²) in [5, 5.41) is 7.30. The predicted octanol–water partition coefficient (Wildman–Crippen LogP) is 0.935. The molecule has 1 aliphatic heterocycles. The van der Waals surface area contributed by atoms with Crippen LogP contribution in [0.1, 0.15) is 23.2 Å². The quantitative estimate of drug-likeness (QED) is 0.809. The van der Waals surface area contributed by atoms with Crippen LogP contribution in [0, 0.1) is 0 Å². The van der Waals surface area contributed by atoms with Gasteiger partial charge in [-0.3, -0.25) is 4.98 Å². The molecule has 0 bridgehead atoms. The first-order chi connectivity index (χ1) is 7.95. The molecule has 2 aromatic heterocycles. The van der Waals surface area contributed by atoms with Crippen molar-refractivity contribution in [3.8, 4) is 0 Å². The Labute approximate surface area is 92.9 Å². The van der Waals surface area contributed by atoms with Gasteiger partial charge in [0.25, 0.3) is 0 Å². The fourth-order valence-corrected chi connectivity index (χ4v) is 2.25. The molecular formula is C11H12N4O. The molecule has 1 saturated heterocycles. The third-order valence-electron chi connectivity index (χ3n) is 3.06. The predicted molar refractivity (Wildman–Crippen MR) is 56.9 cm³/mol. The zero-order chi connectivity index (χ0) is 10.8. The van der Waals surface area contributed by atoms with E-state index in [1.807, 2.05) is 24.5 Å². The van der Waals surface area contributed by atoms with E-state index in [0.717, 1.165) is 18.9 Å². The van der Waals surface area contributed by atoms with Crippen molar-refractivity contribution < 1.29 is 4.52 Å². The van der Waals surface area contributed by atoms with Gasteiger partial charge in [0.2, 0.25) is 6.39 Å². The van der Waals surface area contributed by atoms with E-state index in [4.69, 9.17) is 4.52 Å². The normalized spacial score (nSPS) is 24.8. The molecule has 0 amide bonds. The summed E-state index contributed by atoms with van der Waals surface area (Å²) < 4.78 is 4.81. The van der Waals surface area contributed by atoms with Crippen LogP contribution in [0.15, 0.2) is 35.4 Å². The van der Waals surface area contributed by atoms with E-state index in [1.54, 1.807) is 0 Å². The average Bonchev–Trinajstić information content (AvgIpc) is 3.01. The van der Waals surface area contributed by atoms with Crippen molar-refractivity contribution in [2.75, 3.05) is 13.1 Å². The lowest BCUT2D eigenvalue weighted by Crippen LogP contribution is -2.10. The molecule has 5 heteroatoms. The number of rotatable bonds is 2. The molecule has 82 valence electrons. The summed E-state index contributed by atoms with van der Waals surface area (Å²) in [6, 6.07) is 4.09. The molecule has 0 saturated carbocycles. The van der Waals surface area contributed by atoms with Crippen molar-refractivity contribution in [3.63, 3.8) is 0 Å². The second-order valence-electron chi connectivity index (χ2n) is 3.94. The summed E-state index contributed by atoms with van der Waals surface area (Å²) in [6.07, 6.45) is 5.03. The maximum atomic E-state index is 4.81. The maximum absolute atomic E-state index is 4.81.